The monoisotopic (exact) mass is 434 g/mol. The molecule has 0 radical (unpaired) electrons. The number of nitrogens with zero attached hydrogens (tertiary/aromatic N) is 3. The van der Waals surface area contributed by atoms with Gasteiger partial charge in [0.05, 0.1) is 17.3 Å². The zero-order chi connectivity index (χ0) is 22.1. The molecule has 2 aliphatic heterocycles. The van der Waals surface area contributed by atoms with Crippen molar-refractivity contribution >= 4 is 5.95 Å². The molecule has 2 N–H and O–H groups in total. The van der Waals surface area contributed by atoms with Gasteiger partial charge in [-0.2, -0.15) is 13.2 Å². The number of halogens is 4. The third-order valence-electron chi connectivity index (χ3n) is 5.72. The van der Waals surface area contributed by atoms with Gasteiger partial charge in [-0.15, -0.1) is 0 Å². The highest BCUT2D eigenvalue weighted by atomic mass is 19.4. The van der Waals surface area contributed by atoms with Gasteiger partial charge in [0.1, 0.15) is 29.6 Å². The molecule has 1 aromatic carbocycles. The fourth-order valence-corrected chi connectivity index (χ4v) is 4.22. The van der Waals surface area contributed by atoms with Crippen molar-refractivity contribution in [2.45, 2.75) is 37.9 Å². The number of anilines is 1. The number of likely N-dealkylation sites (N-methyl/N-ethyl adjacent to an activating group) is 1. The summed E-state index contributed by atoms with van der Waals surface area (Å²) in [6.45, 7) is 1.79. The molecule has 3 aromatic rings. The molecular weight excluding hydrogens is 416 g/mol. The van der Waals surface area contributed by atoms with Crippen LogP contribution in [0.2, 0.25) is 0 Å². The van der Waals surface area contributed by atoms with Gasteiger partial charge in [0.25, 0.3) is 0 Å². The van der Waals surface area contributed by atoms with E-state index in [1.165, 1.54) is 0 Å². The highest BCUT2D eigenvalue weighted by molar-refractivity contribution is 5.63. The van der Waals surface area contributed by atoms with Crippen LogP contribution in [0.4, 0.5) is 23.5 Å². The van der Waals surface area contributed by atoms with Gasteiger partial charge in [-0.25, -0.2) is 14.4 Å². The van der Waals surface area contributed by atoms with Gasteiger partial charge in [-0.3, -0.25) is 4.90 Å². The molecule has 6 nitrogen and oxygen atoms in total. The zero-order valence-electron chi connectivity index (χ0n) is 16.6. The van der Waals surface area contributed by atoms with Crippen LogP contribution in [0.3, 0.4) is 0 Å². The van der Waals surface area contributed by atoms with Crippen molar-refractivity contribution in [1.29, 1.82) is 0 Å². The van der Waals surface area contributed by atoms with E-state index < -0.39 is 23.6 Å². The molecule has 10 heteroatoms. The molecule has 0 saturated carbocycles. The van der Waals surface area contributed by atoms with Gasteiger partial charge < -0.3 is 14.9 Å². The lowest BCUT2D eigenvalue weighted by atomic mass is 9.90. The van der Waals surface area contributed by atoms with Gasteiger partial charge in [-0.1, -0.05) is 6.07 Å². The number of epoxide rings is 1. The highest BCUT2D eigenvalue weighted by Crippen LogP contribution is 2.53. The van der Waals surface area contributed by atoms with Crippen LogP contribution in [0.1, 0.15) is 40.3 Å². The van der Waals surface area contributed by atoms with E-state index in [0.29, 0.717) is 34.5 Å². The van der Waals surface area contributed by atoms with Gasteiger partial charge in [0, 0.05) is 5.56 Å². The van der Waals surface area contributed by atoms with Crippen molar-refractivity contribution in [3.8, 4) is 11.5 Å². The Balaban J connectivity index is 1.63. The SMILES string of the molecule is Cc1ccc(-c2nc(N)nc3c2C2OC2N(C)C3Cc2ccc(F)cc2C(F)(F)F)o1. The minimum absolute atomic E-state index is 0.0181. The standard InChI is InChI=1S/C21H18F4N4O2/c1-9-3-6-14(30-9)17-15-16(27-20(26)28-17)13(29(2)19-18(15)31-19)7-10-4-5-11(22)8-12(10)21(23,24)25/h3-6,8,13,18-19H,7H2,1-2H3,(H2,26,27,28). The second-order valence-corrected chi connectivity index (χ2v) is 7.77. The molecule has 2 aromatic heterocycles. The van der Waals surface area contributed by atoms with E-state index in [1.807, 2.05) is 4.90 Å². The van der Waals surface area contributed by atoms with E-state index in [2.05, 4.69) is 9.97 Å². The number of hydrogen-bond acceptors (Lipinski definition) is 6. The average molecular weight is 434 g/mol. The number of aromatic nitrogens is 2. The van der Waals surface area contributed by atoms with Crippen LogP contribution < -0.4 is 5.73 Å². The number of benzene rings is 1. The summed E-state index contributed by atoms with van der Waals surface area (Å²) in [4.78, 5) is 10.5. The van der Waals surface area contributed by atoms with Crippen LogP contribution in [-0.2, 0) is 17.3 Å². The predicted molar refractivity (Wildman–Crippen MR) is 102 cm³/mol. The van der Waals surface area contributed by atoms with Crippen LogP contribution in [0.15, 0.2) is 34.7 Å². The maximum absolute atomic E-state index is 13.6. The molecule has 0 spiro atoms. The first-order valence-corrected chi connectivity index (χ1v) is 9.60. The maximum Gasteiger partial charge on any atom is 0.416 e. The summed E-state index contributed by atoms with van der Waals surface area (Å²) in [7, 11) is 1.75. The van der Waals surface area contributed by atoms with E-state index >= 15 is 0 Å². The number of aryl methyl sites for hydroxylation is 1. The Hall–Kier alpha value is -2.98. The van der Waals surface area contributed by atoms with Crippen LogP contribution in [0, 0.1) is 12.7 Å². The lowest BCUT2D eigenvalue weighted by Gasteiger charge is -2.32. The van der Waals surface area contributed by atoms with Crippen molar-refractivity contribution < 1.29 is 26.7 Å². The molecule has 0 aliphatic carbocycles. The van der Waals surface area contributed by atoms with Crippen molar-refractivity contribution in [2.75, 3.05) is 12.8 Å². The number of furan rings is 1. The first-order valence-electron chi connectivity index (χ1n) is 9.60. The van der Waals surface area contributed by atoms with E-state index in [-0.39, 0.29) is 30.3 Å². The zero-order valence-corrected chi connectivity index (χ0v) is 16.6. The summed E-state index contributed by atoms with van der Waals surface area (Å²) in [5.41, 5.74) is 6.52. The molecule has 3 unspecified atom stereocenters. The third-order valence-corrected chi connectivity index (χ3v) is 5.72. The van der Waals surface area contributed by atoms with E-state index in [4.69, 9.17) is 14.9 Å². The summed E-state index contributed by atoms with van der Waals surface area (Å²) < 4.78 is 65.7. The molecule has 3 atom stereocenters. The van der Waals surface area contributed by atoms with Crippen molar-refractivity contribution in [3.05, 3.63) is 64.3 Å². The number of nitrogens with two attached hydrogens (primary N) is 1. The molecule has 31 heavy (non-hydrogen) atoms. The summed E-state index contributed by atoms with van der Waals surface area (Å²) >= 11 is 0. The number of alkyl halides is 3. The minimum atomic E-state index is -4.69. The Labute approximate surface area is 174 Å². The second kappa shape index (κ2) is 6.76. The normalized spacial score (nSPS) is 22.8. The smallest absolute Gasteiger partial charge is 0.416 e. The van der Waals surface area contributed by atoms with Crippen LogP contribution in [0.5, 0.6) is 0 Å². The quantitative estimate of drug-likeness (QED) is 0.486. The van der Waals surface area contributed by atoms with E-state index in [0.717, 1.165) is 12.1 Å². The van der Waals surface area contributed by atoms with Crippen LogP contribution in [0.25, 0.3) is 11.5 Å². The summed E-state index contributed by atoms with van der Waals surface area (Å²) in [5.74, 6) is 0.203. The van der Waals surface area contributed by atoms with Gasteiger partial charge in [0.2, 0.25) is 5.95 Å². The van der Waals surface area contributed by atoms with E-state index in [9.17, 15) is 17.6 Å². The second-order valence-electron chi connectivity index (χ2n) is 7.77. The highest BCUT2D eigenvalue weighted by Gasteiger charge is 2.54. The summed E-state index contributed by atoms with van der Waals surface area (Å²) in [6, 6.07) is 5.66. The number of rotatable bonds is 3. The molecule has 5 rings (SSSR count). The average Bonchev–Trinajstić information content (AvgIpc) is 3.38. The van der Waals surface area contributed by atoms with Crippen molar-refractivity contribution in [3.63, 3.8) is 0 Å². The number of ether oxygens (including phenoxy) is 1. The summed E-state index contributed by atoms with van der Waals surface area (Å²) in [6.07, 6.45) is -5.40. The molecular formula is C21H18F4N4O2. The molecule has 2 aliphatic rings. The van der Waals surface area contributed by atoms with Gasteiger partial charge in [0.15, 0.2) is 5.76 Å². The molecule has 162 valence electrons. The summed E-state index contributed by atoms with van der Waals surface area (Å²) in [5, 5.41) is 0. The third kappa shape index (κ3) is 3.35. The Morgan fingerprint density at radius 2 is 1.94 bits per heavy atom. The van der Waals surface area contributed by atoms with Gasteiger partial charge in [-0.05, 0) is 50.2 Å². The van der Waals surface area contributed by atoms with Crippen molar-refractivity contribution in [2.24, 2.45) is 0 Å². The molecule has 4 heterocycles. The largest absolute Gasteiger partial charge is 0.460 e. The maximum atomic E-state index is 13.6. The molecule has 0 amide bonds. The molecule has 1 saturated heterocycles. The molecule has 0 bridgehead atoms. The first-order chi connectivity index (χ1) is 14.6. The van der Waals surface area contributed by atoms with E-state index in [1.54, 1.807) is 26.1 Å². The lowest BCUT2D eigenvalue weighted by Crippen LogP contribution is -2.35. The Morgan fingerprint density at radius 3 is 2.61 bits per heavy atom. The Bertz CT molecular complexity index is 1180. The Kier molecular flexibility index (Phi) is 4.35. The number of fused-ring (bicyclic) bond motifs is 3. The number of hydrogen-bond donors (Lipinski definition) is 1. The van der Waals surface area contributed by atoms with Gasteiger partial charge >= 0.3 is 6.18 Å². The first kappa shape index (κ1) is 20.0. The topological polar surface area (TPSA) is 80.7 Å². The molecule has 1 fully saturated rings. The predicted octanol–water partition coefficient (Wildman–Crippen LogP) is 4.41. The van der Waals surface area contributed by atoms with Crippen LogP contribution in [-0.4, -0.2) is 28.1 Å². The fraction of sp³-hybridized carbons (Fsp3) is 0.333. The van der Waals surface area contributed by atoms with Crippen molar-refractivity contribution in [1.82, 2.24) is 14.9 Å². The lowest BCUT2D eigenvalue weighted by molar-refractivity contribution is -0.138. The Morgan fingerprint density at radius 1 is 1.16 bits per heavy atom. The fourth-order valence-electron chi connectivity index (χ4n) is 4.22. The van der Waals surface area contributed by atoms with Crippen LogP contribution >= 0.6 is 0 Å². The minimum Gasteiger partial charge on any atom is -0.460 e. The number of nitrogen functional groups attached to an aromatic ring is 1.